The first-order valence-corrected chi connectivity index (χ1v) is 7.31. The fraction of sp³-hybridized carbons (Fsp3) is 0.278. The van der Waals surface area contributed by atoms with Gasteiger partial charge in [-0.1, -0.05) is 44.2 Å². The molecule has 2 aromatic carbocycles. The normalized spacial score (nSPS) is 10.1. The fourth-order valence-corrected chi connectivity index (χ4v) is 2.11. The molecule has 0 spiro atoms. The van der Waals surface area contributed by atoms with Crippen molar-refractivity contribution in [3.8, 4) is 5.75 Å². The third-order valence-corrected chi connectivity index (χ3v) is 3.44. The van der Waals surface area contributed by atoms with Crippen molar-refractivity contribution in [2.45, 2.75) is 20.4 Å². The lowest BCUT2D eigenvalue weighted by Crippen LogP contribution is -2.22. The Kier molecular flexibility index (Phi) is 7.64. The SMILES string of the molecule is CCN(CC)Cc1ccc(C(=O)Oc2ccccc2)cc1.Cl. The summed E-state index contributed by atoms with van der Waals surface area (Å²) in [5.41, 5.74) is 1.78. The Morgan fingerprint density at radius 3 is 2.09 bits per heavy atom. The van der Waals surface area contributed by atoms with Gasteiger partial charge in [-0.25, -0.2) is 4.79 Å². The number of hydrogen-bond acceptors (Lipinski definition) is 3. The highest BCUT2D eigenvalue weighted by molar-refractivity contribution is 5.91. The largest absolute Gasteiger partial charge is 0.423 e. The molecule has 118 valence electrons. The van der Waals surface area contributed by atoms with Crippen LogP contribution in [0.2, 0.25) is 0 Å². The van der Waals surface area contributed by atoms with E-state index in [1.165, 1.54) is 5.56 Å². The highest BCUT2D eigenvalue weighted by atomic mass is 35.5. The maximum absolute atomic E-state index is 12.0. The molecule has 2 aromatic rings. The molecule has 0 fully saturated rings. The maximum atomic E-state index is 12.0. The molecule has 0 atom stereocenters. The first-order valence-electron chi connectivity index (χ1n) is 7.31. The zero-order valence-electron chi connectivity index (χ0n) is 13.0. The van der Waals surface area contributed by atoms with Gasteiger partial charge in [0, 0.05) is 6.54 Å². The van der Waals surface area contributed by atoms with Gasteiger partial charge in [0.1, 0.15) is 5.75 Å². The van der Waals surface area contributed by atoms with Crippen LogP contribution in [0.15, 0.2) is 54.6 Å². The van der Waals surface area contributed by atoms with Gasteiger partial charge in [0.05, 0.1) is 5.56 Å². The van der Waals surface area contributed by atoms with Crippen LogP contribution in [-0.2, 0) is 6.54 Å². The van der Waals surface area contributed by atoms with Crippen molar-refractivity contribution in [3.63, 3.8) is 0 Å². The summed E-state index contributed by atoms with van der Waals surface area (Å²) >= 11 is 0. The number of carbonyl (C=O) groups is 1. The monoisotopic (exact) mass is 319 g/mol. The molecule has 22 heavy (non-hydrogen) atoms. The Morgan fingerprint density at radius 2 is 1.55 bits per heavy atom. The van der Waals surface area contributed by atoms with Gasteiger partial charge in [-0.3, -0.25) is 4.90 Å². The third-order valence-electron chi connectivity index (χ3n) is 3.44. The van der Waals surface area contributed by atoms with Crippen LogP contribution in [0, 0.1) is 0 Å². The Bertz CT molecular complexity index is 565. The molecular weight excluding hydrogens is 298 g/mol. The molecule has 0 amide bonds. The summed E-state index contributed by atoms with van der Waals surface area (Å²) < 4.78 is 5.31. The van der Waals surface area contributed by atoms with E-state index in [4.69, 9.17) is 4.74 Å². The van der Waals surface area contributed by atoms with Crippen molar-refractivity contribution < 1.29 is 9.53 Å². The third kappa shape index (κ3) is 5.17. The molecule has 4 heteroatoms. The number of benzene rings is 2. The smallest absolute Gasteiger partial charge is 0.343 e. The Morgan fingerprint density at radius 1 is 0.955 bits per heavy atom. The van der Waals surface area contributed by atoms with Crippen LogP contribution in [0.5, 0.6) is 5.75 Å². The predicted octanol–water partition coefficient (Wildman–Crippen LogP) is 4.17. The highest BCUT2D eigenvalue weighted by Gasteiger charge is 2.08. The van der Waals surface area contributed by atoms with Crippen molar-refractivity contribution in [2.75, 3.05) is 13.1 Å². The number of nitrogens with zero attached hydrogens (tertiary/aromatic N) is 1. The molecule has 0 heterocycles. The van der Waals surface area contributed by atoms with Gasteiger partial charge in [-0.05, 0) is 42.9 Å². The second-order valence-corrected chi connectivity index (χ2v) is 4.86. The fourth-order valence-electron chi connectivity index (χ4n) is 2.11. The van der Waals surface area contributed by atoms with Gasteiger partial charge in [0.2, 0.25) is 0 Å². The van der Waals surface area contributed by atoms with E-state index in [0.29, 0.717) is 11.3 Å². The van der Waals surface area contributed by atoms with Crippen molar-refractivity contribution in [2.24, 2.45) is 0 Å². The maximum Gasteiger partial charge on any atom is 0.343 e. The van der Waals surface area contributed by atoms with Crippen LogP contribution < -0.4 is 4.74 Å². The Labute approximate surface area is 138 Å². The molecule has 0 aliphatic rings. The summed E-state index contributed by atoms with van der Waals surface area (Å²) in [6.45, 7) is 7.24. The molecule has 0 saturated carbocycles. The predicted molar refractivity (Wildman–Crippen MR) is 91.7 cm³/mol. The first-order chi connectivity index (χ1) is 10.2. The van der Waals surface area contributed by atoms with E-state index in [-0.39, 0.29) is 18.4 Å². The second kappa shape index (κ2) is 9.23. The zero-order valence-corrected chi connectivity index (χ0v) is 13.8. The quantitative estimate of drug-likeness (QED) is 0.591. The Hall–Kier alpha value is -1.84. The van der Waals surface area contributed by atoms with Gasteiger partial charge in [-0.15, -0.1) is 12.4 Å². The lowest BCUT2D eigenvalue weighted by Gasteiger charge is -2.17. The summed E-state index contributed by atoms with van der Waals surface area (Å²) in [6.07, 6.45) is 0. The molecular formula is C18H22ClNO2. The molecule has 0 N–H and O–H groups in total. The molecule has 0 radical (unpaired) electrons. The van der Waals surface area contributed by atoms with Crippen LogP contribution in [-0.4, -0.2) is 24.0 Å². The molecule has 2 rings (SSSR count). The van der Waals surface area contributed by atoms with E-state index >= 15 is 0 Å². The van der Waals surface area contributed by atoms with E-state index in [0.717, 1.165) is 19.6 Å². The Balaban J connectivity index is 0.00000242. The standard InChI is InChI=1S/C18H21NO2.ClH/c1-3-19(4-2)14-15-10-12-16(13-11-15)18(20)21-17-8-6-5-7-9-17;/h5-13H,3-4,14H2,1-2H3;1H. The summed E-state index contributed by atoms with van der Waals surface area (Å²) in [5, 5.41) is 0. The van der Waals surface area contributed by atoms with Gasteiger partial charge < -0.3 is 4.74 Å². The lowest BCUT2D eigenvalue weighted by molar-refractivity contribution is 0.0735. The minimum Gasteiger partial charge on any atom is -0.423 e. The number of rotatable bonds is 6. The second-order valence-electron chi connectivity index (χ2n) is 4.86. The van der Waals surface area contributed by atoms with Crippen LogP contribution in [0.25, 0.3) is 0 Å². The van der Waals surface area contributed by atoms with E-state index in [2.05, 4.69) is 18.7 Å². The summed E-state index contributed by atoms with van der Waals surface area (Å²) in [7, 11) is 0. The molecule has 0 aromatic heterocycles. The molecule has 3 nitrogen and oxygen atoms in total. The topological polar surface area (TPSA) is 29.5 Å². The van der Waals surface area contributed by atoms with Gasteiger partial charge in [-0.2, -0.15) is 0 Å². The first kappa shape index (κ1) is 18.2. The van der Waals surface area contributed by atoms with Crippen molar-refractivity contribution in [3.05, 3.63) is 65.7 Å². The van der Waals surface area contributed by atoms with Crippen molar-refractivity contribution >= 4 is 18.4 Å². The van der Waals surface area contributed by atoms with Crippen LogP contribution in [0.3, 0.4) is 0 Å². The number of hydrogen-bond donors (Lipinski definition) is 0. The zero-order chi connectivity index (χ0) is 15.1. The number of halogens is 1. The van der Waals surface area contributed by atoms with Gasteiger partial charge in [0.15, 0.2) is 0 Å². The van der Waals surface area contributed by atoms with E-state index in [1.54, 1.807) is 12.1 Å². The van der Waals surface area contributed by atoms with Crippen molar-refractivity contribution in [1.82, 2.24) is 4.90 Å². The van der Waals surface area contributed by atoms with Crippen LogP contribution in [0.4, 0.5) is 0 Å². The van der Waals surface area contributed by atoms with E-state index in [9.17, 15) is 4.79 Å². The summed E-state index contributed by atoms with van der Waals surface area (Å²) in [6, 6.07) is 16.7. The van der Waals surface area contributed by atoms with Crippen LogP contribution in [0.1, 0.15) is 29.8 Å². The van der Waals surface area contributed by atoms with E-state index in [1.807, 2.05) is 42.5 Å². The number of para-hydroxylation sites is 1. The van der Waals surface area contributed by atoms with Gasteiger partial charge >= 0.3 is 5.97 Å². The average Bonchev–Trinajstić information content (AvgIpc) is 2.54. The molecule has 0 saturated heterocycles. The van der Waals surface area contributed by atoms with Gasteiger partial charge in [0.25, 0.3) is 0 Å². The minimum atomic E-state index is -0.324. The number of ether oxygens (including phenoxy) is 1. The average molecular weight is 320 g/mol. The number of carbonyl (C=O) groups excluding carboxylic acids is 1. The molecule has 0 bridgehead atoms. The lowest BCUT2D eigenvalue weighted by atomic mass is 10.1. The van der Waals surface area contributed by atoms with Crippen molar-refractivity contribution in [1.29, 1.82) is 0 Å². The summed E-state index contributed by atoms with van der Waals surface area (Å²) in [5.74, 6) is 0.241. The minimum absolute atomic E-state index is 0. The molecule has 0 unspecified atom stereocenters. The van der Waals surface area contributed by atoms with E-state index < -0.39 is 0 Å². The molecule has 0 aliphatic heterocycles. The summed E-state index contributed by atoms with van der Waals surface area (Å²) in [4.78, 5) is 14.4. The van der Waals surface area contributed by atoms with Crippen LogP contribution >= 0.6 is 12.4 Å². The highest BCUT2D eigenvalue weighted by Crippen LogP contribution is 2.13. The molecule has 0 aliphatic carbocycles. The number of esters is 1.